The molecule has 2 atom stereocenters. The Balaban J connectivity index is 0.00000480. The highest BCUT2D eigenvalue weighted by Gasteiger charge is 2.37. The van der Waals surface area contributed by atoms with Crippen LogP contribution in [-0.2, 0) is 45.0 Å². The Labute approximate surface area is 275 Å². The first-order valence-corrected chi connectivity index (χ1v) is 15.7. The smallest absolute Gasteiger partial charge is 0.468 e. The molecule has 0 bridgehead atoms. The summed E-state index contributed by atoms with van der Waals surface area (Å²) in [5.74, 6) is -0.525. The van der Waals surface area contributed by atoms with Gasteiger partial charge in [-0.25, -0.2) is 0 Å². The number of benzene rings is 1. The lowest BCUT2D eigenvalue weighted by Gasteiger charge is -2.30. The van der Waals surface area contributed by atoms with Gasteiger partial charge in [-0.05, 0) is 60.9 Å². The van der Waals surface area contributed by atoms with Crippen molar-refractivity contribution >= 4 is 36.4 Å². The first-order valence-electron chi connectivity index (χ1n) is 14.9. The fraction of sp³-hybridized carbons (Fsp3) is 0.324. The van der Waals surface area contributed by atoms with Gasteiger partial charge in [-0.3, -0.25) is 29.4 Å². The Morgan fingerprint density at radius 1 is 0.935 bits per heavy atom. The van der Waals surface area contributed by atoms with E-state index in [0.29, 0.717) is 38.2 Å². The van der Waals surface area contributed by atoms with E-state index in [1.54, 1.807) is 18.6 Å². The number of rotatable bonds is 13. The molecule has 46 heavy (non-hydrogen) atoms. The molecule has 2 unspecified atom stereocenters. The molecule has 1 saturated heterocycles. The molecule has 2 N–H and O–H groups in total. The van der Waals surface area contributed by atoms with Crippen molar-refractivity contribution in [1.82, 2.24) is 19.9 Å². The second-order valence-electron chi connectivity index (χ2n) is 10.8. The molecule has 1 fully saturated rings. The fourth-order valence-electron chi connectivity index (χ4n) is 5.09. The van der Waals surface area contributed by atoms with Gasteiger partial charge in [0.25, 0.3) is 0 Å². The number of aromatic nitrogens is 3. The predicted octanol–water partition coefficient (Wildman–Crippen LogP) is 5.11. The summed E-state index contributed by atoms with van der Waals surface area (Å²) in [4.78, 5) is 41.3. The molecule has 4 aromatic rings. The van der Waals surface area contributed by atoms with Crippen LogP contribution in [0.3, 0.4) is 0 Å². The zero-order valence-corrected chi connectivity index (χ0v) is 25.9. The molecule has 5 rings (SSSR count). The molecule has 1 aromatic carbocycles. The maximum Gasteiger partial charge on any atom is 0.468 e. The molecule has 12 heteroatoms. The molecule has 0 radical (unpaired) electrons. The maximum absolute atomic E-state index is 13.0. The van der Waals surface area contributed by atoms with E-state index in [1.165, 1.54) is 18.9 Å². The number of amides is 1. The monoisotopic (exact) mass is 641 g/mol. The maximum atomic E-state index is 13.0. The summed E-state index contributed by atoms with van der Waals surface area (Å²) >= 11 is 1.45. The molecule has 10 nitrogen and oxygen atoms in total. The molecule has 3 aromatic heterocycles. The number of nitrogens with zero attached hydrogens (tertiary/aromatic N) is 4. The van der Waals surface area contributed by atoms with E-state index in [-0.39, 0.29) is 43.4 Å². The van der Waals surface area contributed by atoms with Crippen LogP contribution in [0.15, 0.2) is 96.3 Å². The van der Waals surface area contributed by atoms with E-state index in [0.717, 1.165) is 27.5 Å². The molecular formula is C34H40BN5O5S. The molecule has 0 aliphatic carbocycles. The van der Waals surface area contributed by atoms with Crippen molar-refractivity contribution < 1.29 is 24.0 Å². The Bertz CT molecular complexity index is 1490. The van der Waals surface area contributed by atoms with Gasteiger partial charge in [0.2, 0.25) is 5.91 Å². The predicted molar refractivity (Wildman–Crippen MR) is 180 cm³/mol. The van der Waals surface area contributed by atoms with Gasteiger partial charge in [-0.2, -0.15) is 0 Å². The number of esters is 1. The van der Waals surface area contributed by atoms with Crippen LogP contribution in [0.2, 0.25) is 0 Å². The number of carbonyl (C=O) groups excluding carboxylic acids is 2. The van der Waals surface area contributed by atoms with Crippen LogP contribution in [0.25, 0.3) is 0 Å². The van der Waals surface area contributed by atoms with Gasteiger partial charge in [-0.15, -0.1) is 11.8 Å². The summed E-state index contributed by atoms with van der Waals surface area (Å²) in [6, 6.07) is 23.2. The van der Waals surface area contributed by atoms with Gasteiger partial charge in [0.15, 0.2) is 0 Å². The standard InChI is InChI=1S/C33H36BN5O5S.CH4/c1-43-33(41)19-28-14-15-31(34(42)44-28)45-30-11-3-2-10-29(30)38-32(40)18-24-12-13-27(37-20-24)23-39(21-25-8-4-6-16-35-25)22-26-9-5-7-17-36-26;/h2-13,16-17,20,28,31,42H,14-15,18-19,21-23H2,1H3,(H,38,40);1H4. The van der Waals surface area contributed by atoms with Crippen LogP contribution in [-0.4, -0.2) is 62.2 Å². The number of hydrogen-bond acceptors (Lipinski definition) is 10. The summed E-state index contributed by atoms with van der Waals surface area (Å²) in [7, 11) is 0.304. The second kappa shape index (κ2) is 17.6. The van der Waals surface area contributed by atoms with Crippen molar-refractivity contribution in [3.63, 3.8) is 0 Å². The lowest BCUT2D eigenvalue weighted by atomic mass is 9.77. The van der Waals surface area contributed by atoms with Crippen LogP contribution in [0, 0.1) is 0 Å². The second-order valence-corrected chi connectivity index (χ2v) is 12.1. The number of para-hydroxylation sites is 1. The minimum atomic E-state index is -1.03. The van der Waals surface area contributed by atoms with E-state index in [9.17, 15) is 14.6 Å². The van der Waals surface area contributed by atoms with Gasteiger partial charge in [-0.1, -0.05) is 37.8 Å². The molecule has 240 valence electrons. The molecule has 0 spiro atoms. The number of pyridine rings is 3. The van der Waals surface area contributed by atoms with Gasteiger partial charge in [0.1, 0.15) is 0 Å². The van der Waals surface area contributed by atoms with Crippen LogP contribution in [0.4, 0.5) is 5.69 Å². The summed E-state index contributed by atoms with van der Waals surface area (Å²) in [5, 5.41) is 13.4. The van der Waals surface area contributed by atoms with Crippen molar-refractivity contribution in [2.45, 2.75) is 68.9 Å². The average molecular weight is 642 g/mol. The third-order valence-electron chi connectivity index (χ3n) is 7.34. The van der Waals surface area contributed by atoms with Crippen molar-refractivity contribution in [3.8, 4) is 0 Å². The Morgan fingerprint density at radius 3 is 2.17 bits per heavy atom. The molecule has 0 saturated carbocycles. The minimum absolute atomic E-state index is 0. The first kappa shape index (κ1) is 34.8. The molecular weight excluding hydrogens is 601 g/mol. The number of methoxy groups -OCH3 is 1. The third-order valence-corrected chi connectivity index (χ3v) is 8.73. The number of hydrogen-bond donors (Lipinski definition) is 2. The lowest BCUT2D eigenvalue weighted by Crippen LogP contribution is -2.42. The molecule has 4 heterocycles. The number of nitrogens with one attached hydrogen (secondary N) is 1. The van der Waals surface area contributed by atoms with Crippen molar-refractivity contribution in [2.75, 3.05) is 12.4 Å². The third kappa shape index (κ3) is 10.5. The first-order chi connectivity index (χ1) is 21.9. The molecule has 1 aliphatic heterocycles. The number of ether oxygens (including phenoxy) is 1. The number of anilines is 1. The zero-order chi connectivity index (χ0) is 31.4. The van der Waals surface area contributed by atoms with Crippen molar-refractivity contribution in [2.24, 2.45) is 0 Å². The summed E-state index contributed by atoms with van der Waals surface area (Å²) in [6.07, 6.45) is 6.53. The van der Waals surface area contributed by atoms with Crippen LogP contribution in [0.5, 0.6) is 0 Å². The van der Waals surface area contributed by atoms with E-state index in [4.69, 9.17) is 9.39 Å². The fourth-order valence-corrected chi connectivity index (χ4v) is 6.25. The average Bonchev–Trinajstić information content (AvgIpc) is 3.05. The Morgan fingerprint density at radius 2 is 1.59 bits per heavy atom. The van der Waals surface area contributed by atoms with Crippen molar-refractivity contribution in [1.29, 1.82) is 0 Å². The zero-order valence-electron chi connectivity index (χ0n) is 25.1. The van der Waals surface area contributed by atoms with Gasteiger partial charge >= 0.3 is 13.1 Å². The van der Waals surface area contributed by atoms with Crippen LogP contribution < -0.4 is 5.32 Å². The van der Waals surface area contributed by atoms with E-state index in [1.807, 2.05) is 72.8 Å². The van der Waals surface area contributed by atoms with E-state index >= 15 is 0 Å². The summed E-state index contributed by atoms with van der Waals surface area (Å²) < 4.78 is 10.4. The van der Waals surface area contributed by atoms with Gasteiger partial charge in [0, 0.05) is 48.3 Å². The largest absolute Gasteiger partial charge is 0.469 e. The van der Waals surface area contributed by atoms with Crippen LogP contribution >= 0.6 is 11.8 Å². The minimum Gasteiger partial charge on any atom is -0.469 e. The summed E-state index contributed by atoms with van der Waals surface area (Å²) in [6.45, 7) is 1.90. The quantitative estimate of drug-likeness (QED) is 0.150. The Kier molecular flexibility index (Phi) is 13.3. The normalized spacial score (nSPS) is 16.0. The SMILES string of the molecule is C.COC(=O)CC1CCC(Sc2ccccc2NC(=O)Cc2ccc(CN(Cc3ccccn3)Cc3ccccn3)nc2)B(O)O1. The number of carbonyl (C=O) groups is 2. The Hall–Kier alpha value is -4.10. The summed E-state index contributed by atoms with van der Waals surface area (Å²) in [5.41, 5.74) is 4.28. The van der Waals surface area contributed by atoms with E-state index < -0.39 is 7.12 Å². The topological polar surface area (TPSA) is 127 Å². The van der Waals surface area contributed by atoms with Gasteiger partial charge < -0.3 is 19.7 Å². The molecule has 1 aliphatic rings. The highest BCUT2D eigenvalue weighted by molar-refractivity contribution is 8.01. The highest BCUT2D eigenvalue weighted by Crippen LogP contribution is 2.36. The highest BCUT2D eigenvalue weighted by atomic mass is 32.2. The number of thioether (sulfide) groups is 1. The van der Waals surface area contributed by atoms with Crippen LogP contribution in [0.1, 0.15) is 49.3 Å². The van der Waals surface area contributed by atoms with E-state index in [2.05, 4.69) is 25.2 Å². The molecule has 1 amide bonds. The lowest BCUT2D eigenvalue weighted by molar-refractivity contribution is -0.142. The van der Waals surface area contributed by atoms with Crippen molar-refractivity contribution in [3.05, 3.63) is 114 Å². The van der Waals surface area contributed by atoms with Gasteiger partial charge in [0.05, 0.1) is 48.8 Å².